The molecule has 0 bridgehead atoms. The van der Waals surface area contributed by atoms with Crippen molar-refractivity contribution in [1.82, 2.24) is 10.6 Å². The molecule has 0 atom stereocenters. The van der Waals surface area contributed by atoms with E-state index in [2.05, 4.69) is 10.6 Å². The lowest BCUT2D eigenvalue weighted by molar-refractivity contribution is -0.146. The van der Waals surface area contributed by atoms with Crippen molar-refractivity contribution in [1.29, 1.82) is 0 Å². The summed E-state index contributed by atoms with van der Waals surface area (Å²) in [6, 6.07) is 8.05. The summed E-state index contributed by atoms with van der Waals surface area (Å²) >= 11 is 0. The van der Waals surface area contributed by atoms with Crippen LogP contribution < -0.4 is 15.4 Å². The molecule has 26 heavy (non-hydrogen) atoms. The zero-order chi connectivity index (χ0) is 18.6. The van der Waals surface area contributed by atoms with Gasteiger partial charge in [0.2, 0.25) is 5.91 Å². The van der Waals surface area contributed by atoms with Gasteiger partial charge in [-0.3, -0.25) is 9.59 Å². The molecule has 2 N–H and O–H groups in total. The predicted octanol–water partition coefficient (Wildman–Crippen LogP) is 1.68. The Morgan fingerprint density at radius 1 is 1.19 bits per heavy atom. The number of hydrogen-bond donors (Lipinski definition) is 2. The van der Waals surface area contributed by atoms with E-state index in [1.54, 1.807) is 7.11 Å². The van der Waals surface area contributed by atoms with Crippen molar-refractivity contribution >= 4 is 11.9 Å². The summed E-state index contributed by atoms with van der Waals surface area (Å²) in [4.78, 5) is 24.6. The Labute approximate surface area is 154 Å². The average molecular weight is 360 g/mol. The van der Waals surface area contributed by atoms with Gasteiger partial charge >= 0.3 is 5.97 Å². The van der Waals surface area contributed by atoms with Crippen molar-refractivity contribution in [2.45, 2.75) is 38.1 Å². The minimum absolute atomic E-state index is 0.0238. The fourth-order valence-corrected chi connectivity index (χ4v) is 3.94. The molecular weight excluding hydrogens is 332 g/mol. The minimum Gasteiger partial charge on any atom is -0.497 e. The number of benzene rings is 1. The van der Waals surface area contributed by atoms with Crippen LogP contribution in [0, 0.1) is 11.3 Å². The van der Waals surface area contributed by atoms with E-state index in [1.807, 2.05) is 24.3 Å². The van der Waals surface area contributed by atoms with Crippen molar-refractivity contribution in [3.8, 4) is 5.75 Å². The molecule has 0 aromatic heterocycles. The van der Waals surface area contributed by atoms with E-state index in [0.29, 0.717) is 19.5 Å². The molecule has 1 saturated carbocycles. The first-order chi connectivity index (χ1) is 12.6. The van der Waals surface area contributed by atoms with E-state index in [9.17, 15) is 9.59 Å². The topological polar surface area (TPSA) is 76.7 Å². The van der Waals surface area contributed by atoms with Gasteiger partial charge in [0.1, 0.15) is 5.75 Å². The lowest BCUT2D eigenvalue weighted by atomic mass is 9.75. The lowest BCUT2D eigenvalue weighted by Gasteiger charge is -2.42. The molecule has 2 fully saturated rings. The molecule has 6 nitrogen and oxygen atoms in total. The fraction of sp³-hybridized carbons (Fsp3) is 0.600. The third kappa shape index (κ3) is 4.01. The third-order valence-corrected chi connectivity index (χ3v) is 5.68. The van der Waals surface area contributed by atoms with Crippen LogP contribution in [0.15, 0.2) is 24.3 Å². The van der Waals surface area contributed by atoms with Crippen LogP contribution in [-0.2, 0) is 20.7 Å². The summed E-state index contributed by atoms with van der Waals surface area (Å²) in [6.07, 6.45) is 3.90. The summed E-state index contributed by atoms with van der Waals surface area (Å²) in [7, 11) is 3.08. The molecule has 1 amide bonds. The molecule has 0 radical (unpaired) electrons. The van der Waals surface area contributed by atoms with E-state index in [4.69, 9.17) is 9.47 Å². The van der Waals surface area contributed by atoms with E-state index in [0.717, 1.165) is 37.0 Å². The van der Waals surface area contributed by atoms with Gasteiger partial charge in [-0.05, 0) is 49.8 Å². The van der Waals surface area contributed by atoms with Crippen molar-refractivity contribution in [2.75, 3.05) is 27.3 Å². The number of amides is 1. The maximum absolute atomic E-state index is 13.0. The summed E-state index contributed by atoms with van der Waals surface area (Å²) < 4.78 is 10.1. The Morgan fingerprint density at radius 3 is 2.50 bits per heavy atom. The molecule has 0 spiro atoms. The van der Waals surface area contributed by atoms with Gasteiger partial charge in [-0.2, -0.15) is 0 Å². The standard InChI is InChI=1S/C20H28N2O4/c1-25-17-5-3-4-14(10-17)11-20(12-21-13-20)19(24)22-16-8-6-15(7-9-16)18(23)26-2/h3-5,10,15-16,21H,6-9,11-13H2,1-2H3,(H,22,24). The Kier molecular flexibility index (Phi) is 5.81. The second-order valence-electron chi connectivity index (χ2n) is 7.46. The summed E-state index contributed by atoms with van der Waals surface area (Å²) in [5, 5.41) is 6.47. The second kappa shape index (κ2) is 8.08. The Bertz CT molecular complexity index is 649. The zero-order valence-electron chi connectivity index (χ0n) is 15.5. The normalized spacial score (nSPS) is 24.2. The van der Waals surface area contributed by atoms with Gasteiger partial charge in [0.25, 0.3) is 0 Å². The molecule has 3 rings (SSSR count). The Balaban J connectivity index is 1.58. The van der Waals surface area contributed by atoms with Crippen LogP contribution in [0.25, 0.3) is 0 Å². The van der Waals surface area contributed by atoms with Gasteiger partial charge in [-0.25, -0.2) is 0 Å². The number of ether oxygens (including phenoxy) is 2. The van der Waals surface area contributed by atoms with Crippen LogP contribution in [0.1, 0.15) is 31.2 Å². The van der Waals surface area contributed by atoms with Gasteiger partial charge in [0.15, 0.2) is 0 Å². The fourth-order valence-electron chi connectivity index (χ4n) is 3.94. The van der Waals surface area contributed by atoms with Crippen molar-refractivity contribution < 1.29 is 19.1 Å². The first-order valence-corrected chi connectivity index (χ1v) is 9.29. The summed E-state index contributed by atoms with van der Waals surface area (Å²) in [5.41, 5.74) is 0.710. The third-order valence-electron chi connectivity index (χ3n) is 5.68. The molecule has 1 heterocycles. The molecule has 1 aromatic carbocycles. The van der Waals surface area contributed by atoms with Gasteiger partial charge in [-0.1, -0.05) is 12.1 Å². The van der Waals surface area contributed by atoms with Crippen LogP contribution in [0.5, 0.6) is 5.75 Å². The smallest absolute Gasteiger partial charge is 0.308 e. The zero-order valence-corrected chi connectivity index (χ0v) is 15.5. The molecular formula is C20H28N2O4. The van der Waals surface area contributed by atoms with E-state index < -0.39 is 5.41 Å². The number of carbonyl (C=O) groups is 2. The van der Waals surface area contributed by atoms with Crippen LogP contribution in [0.2, 0.25) is 0 Å². The number of nitrogens with one attached hydrogen (secondary N) is 2. The van der Waals surface area contributed by atoms with Crippen molar-refractivity contribution in [2.24, 2.45) is 11.3 Å². The molecule has 1 aliphatic heterocycles. The van der Waals surface area contributed by atoms with Crippen LogP contribution in [-0.4, -0.2) is 45.2 Å². The number of esters is 1. The van der Waals surface area contributed by atoms with Crippen LogP contribution >= 0.6 is 0 Å². The van der Waals surface area contributed by atoms with E-state index >= 15 is 0 Å². The highest BCUT2D eigenvalue weighted by molar-refractivity contribution is 5.85. The molecule has 1 aliphatic carbocycles. The SMILES string of the molecule is COC(=O)C1CCC(NC(=O)C2(Cc3cccc(OC)c3)CNC2)CC1. The van der Waals surface area contributed by atoms with Gasteiger partial charge in [0, 0.05) is 19.1 Å². The van der Waals surface area contributed by atoms with Crippen LogP contribution in [0.3, 0.4) is 0 Å². The van der Waals surface area contributed by atoms with Gasteiger partial charge < -0.3 is 20.1 Å². The molecule has 6 heteroatoms. The van der Waals surface area contributed by atoms with Crippen LogP contribution in [0.4, 0.5) is 0 Å². The molecule has 0 unspecified atom stereocenters. The maximum atomic E-state index is 13.0. The predicted molar refractivity (Wildman–Crippen MR) is 97.9 cm³/mol. The highest BCUT2D eigenvalue weighted by Gasteiger charge is 2.45. The number of methoxy groups -OCH3 is 2. The molecule has 1 saturated heterocycles. The van der Waals surface area contributed by atoms with Gasteiger partial charge in [-0.15, -0.1) is 0 Å². The molecule has 142 valence electrons. The maximum Gasteiger partial charge on any atom is 0.308 e. The van der Waals surface area contributed by atoms with E-state index in [-0.39, 0.29) is 23.8 Å². The Hall–Kier alpha value is -2.08. The van der Waals surface area contributed by atoms with E-state index in [1.165, 1.54) is 7.11 Å². The number of carbonyl (C=O) groups excluding carboxylic acids is 2. The second-order valence-corrected chi connectivity index (χ2v) is 7.46. The number of hydrogen-bond acceptors (Lipinski definition) is 5. The monoisotopic (exact) mass is 360 g/mol. The summed E-state index contributed by atoms with van der Waals surface area (Å²) in [5.74, 6) is 0.767. The minimum atomic E-state index is -0.397. The molecule has 2 aliphatic rings. The largest absolute Gasteiger partial charge is 0.497 e. The lowest BCUT2D eigenvalue weighted by Crippen LogP contribution is -2.63. The van der Waals surface area contributed by atoms with Crippen molar-refractivity contribution in [3.05, 3.63) is 29.8 Å². The first-order valence-electron chi connectivity index (χ1n) is 9.29. The Morgan fingerprint density at radius 2 is 1.92 bits per heavy atom. The number of rotatable bonds is 6. The summed E-state index contributed by atoms with van der Waals surface area (Å²) in [6.45, 7) is 1.38. The first kappa shape index (κ1) is 18.7. The quantitative estimate of drug-likeness (QED) is 0.755. The highest BCUT2D eigenvalue weighted by atomic mass is 16.5. The van der Waals surface area contributed by atoms with Crippen molar-refractivity contribution in [3.63, 3.8) is 0 Å². The van der Waals surface area contributed by atoms with Gasteiger partial charge in [0.05, 0.1) is 25.6 Å². The average Bonchev–Trinajstić information content (AvgIpc) is 2.64. The molecule has 1 aromatic rings. The highest BCUT2D eigenvalue weighted by Crippen LogP contribution is 2.31.